The summed E-state index contributed by atoms with van der Waals surface area (Å²) in [6.45, 7) is 8.85. The predicted molar refractivity (Wildman–Crippen MR) is 181 cm³/mol. The number of carboxylic acid groups (broad SMARTS) is 1. The highest BCUT2D eigenvalue weighted by Gasteiger charge is 2.19. The molecule has 0 spiro atoms. The highest BCUT2D eigenvalue weighted by molar-refractivity contribution is 9.10. The van der Waals surface area contributed by atoms with E-state index >= 15 is 0 Å². The van der Waals surface area contributed by atoms with Crippen LogP contribution in [0.15, 0.2) is 87.2 Å². The van der Waals surface area contributed by atoms with Crippen LogP contribution in [0.25, 0.3) is 22.3 Å². The van der Waals surface area contributed by atoms with Crippen molar-refractivity contribution in [2.24, 2.45) is 5.10 Å². The van der Waals surface area contributed by atoms with E-state index < -0.39 is 5.97 Å². The highest BCUT2D eigenvalue weighted by Crippen LogP contribution is 2.36. The van der Waals surface area contributed by atoms with E-state index in [2.05, 4.69) is 34.9 Å². The lowest BCUT2D eigenvalue weighted by molar-refractivity contribution is 0.0697. The number of ether oxygens (including phenoxy) is 2. The SMILES string of the molecule is CCOc1cc(C)c(-c2nc3ccccc3c(=O)n2N=Cc2cc(Cl)c(OCc3ccc(C(=O)O)cc3)c(Br)c2)cc1C(C)C. The normalized spacial score (nSPS) is 11.4. The number of carbonyl (C=O) groups is 1. The second-order valence-corrected chi connectivity index (χ2v) is 12.0. The number of aromatic carboxylic acids is 1. The van der Waals surface area contributed by atoms with Crippen LogP contribution in [0.3, 0.4) is 0 Å². The van der Waals surface area contributed by atoms with Gasteiger partial charge >= 0.3 is 5.97 Å². The van der Waals surface area contributed by atoms with Crippen LogP contribution >= 0.6 is 27.5 Å². The molecule has 1 heterocycles. The summed E-state index contributed by atoms with van der Waals surface area (Å²) < 4.78 is 13.8. The third kappa shape index (κ3) is 6.95. The van der Waals surface area contributed by atoms with Gasteiger partial charge in [0.25, 0.3) is 5.56 Å². The Bertz CT molecular complexity index is 1960. The number of nitrogens with zero attached hydrogens (tertiary/aromatic N) is 3. The molecule has 5 aromatic rings. The molecule has 0 aliphatic heterocycles. The van der Waals surface area contributed by atoms with Crippen molar-refractivity contribution in [3.63, 3.8) is 0 Å². The molecule has 10 heteroatoms. The topological polar surface area (TPSA) is 103 Å². The van der Waals surface area contributed by atoms with Crippen molar-refractivity contribution in [2.45, 2.75) is 40.2 Å². The van der Waals surface area contributed by atoms with Gasteiger partial charge in [0.15, 0.2) is 11.6 Å². The average Bonchev–Trinajstić information content (AvgIpc) is 3.00. The molecule has 0 bridgehead atoms. The molecule has 230 valence electrons. The third-order valence-corrected chi connectivity index (χ3v) is 8.07. The Morgan fingerprint density at radius 1 is 1.09 bits per heavy atom. The van der Waals surface area contributed by atoms with E-state index in [0.717, 1.165) is 28.0 Å². The van der Waals surface area contributed by atoms with Crippen LogP contribution in [0, 0.1) is 6.92 Å². The maximum Gasteiger partial charge on any atom is 0.335 e. The van der Waals surface area contributed by atoms with Crippen LogP contribution in [0.5, 0.6) is 11.5 Å². The van der Waals surface area contributed by atoms with Gasteiger partial charge in [0.05, 0.1) is 38.8 Å². The van der Waals surface area contributed by atoms with E-state index in [9.17, 15) is 9.59 Å². The minimum atomic E-state index is -0.991. The van der Waals surface area contributed by atoms with Gasteiger partial charge in [-0.25, -0.2) is 9.78 Å². The first kappa shape index (κ1) is 31.9. The largest absolute Gasteiger partial charge is 0.494 e. The highest BCUT2D eigenvalue weighted by atomic mass is 79.9. The minimum absolute atomic E-state index is 0.180. The van der Waals surface area contributed by atoms with Crippen molar-refractivity contribution in [2.75, 3.05) is 6.61 Å². The Labute approximate surface area is 274 Å². The number of hydrogen-bond donors (Lipinski definition) is 1. The number of aromatic nitrogens is 2. The molecule has 5 rings (SSSR count). The molecule has 0 unspecified atom stereocenters. The van der Waals surface area contributed by atoms with Crippen molar-refractivity contribution in [3.8, 4) is 22.9 Å². The summed E-state index contributed by atoms with van der Waals surface area (Å²) in [5, 5.41) is 14.5. The van der Waals surface area contributed by atoms with Gasteiger partial charge in [-0.2, -0.15) is 9.78 Å². The summed E-state index contributed by atoms with van der Waals surface area (Å²) in [6.07, 6.45) is 1.56. The average molecular weight is 689 g/mol. The number of rotatable bonds is 10. The number of fused-ring (bicyclic) bond motifs is 1. The molecule has 4 aromatic carbocycles. The fraction of sp³-hybridized carbons (Fsp3) is 0.200. The smallest absolute Gasteiger partial charge is 0.335 e. The Kier molecular flexibility index (Phi) is 9.70. The van der Waals surface area contributed by atoms with Gasteiger partial charge in [-0.1, -0.05) is 49.7 Å². The molecule has 0 aliphatic rings. The molecular formula is C35H31BrClN3O5. The number of hydrogen-bond acceptors (Lipinski definition) is 6. The minimum Gasteiger partial charge on any atom is -0.494 e. The molecule has 1 aromatic heterocycles. The lowest BCUT2D eigenvalue weighted by Crippen LogP contribution is -2.21. The summed E-state index contributed by atoms with van der Waals surface area (Å²) >= 11 is 10.1. The van der Waals surface area contributed by atoms with Crippen LogP contribution in [-0.2, 0) is 6.61 Å². The van der Waals surface area contributed by atoms with E-state index in [4.69, 9.17) is 31.2 Å². The van der Waals surface area contributed by atoms with Crippen molar-refractivity contribution < 1.29 is 19.4 Å². The van der Waals surface area contributed by atoms with Gasteiger partial charge in [-0.05, 0) is 106 Å². The maximum atomic E-state index is 13.8. The molecule has 0 fully saturated rings. The third-order valence-electron chi connectivity index (χ3n) is 7.20. The fourth-order valence-electron chi connectivity index (χ4n) is 4.89. The van der Waals surface area contributed by atoms with E-state index in [1.165, 1.54) is 16.8 Å². The van der Waals surface area contributed by atoms with E-state index in [-0.39, 0.29) is 23.6 Å². The summed E-state index contributed by atoms with van der Waals surface area (Å²) in [5.41, 5.74) is 4.58. The summed E-state index contributed by atoms with van der Waals surface area (Å²) in [4.78, 5) is 29.8. The predicted octanol–water partition coefficient (Wildman–Crippen LogP) is 8.47. The van der Waals surface area contributed by atoms with Crippen LogP contribution in [0.4, 0.5) is 0 Å². The van der Waals surface area contributed by atoms with Gasteiger partial charge in [0.2, 0.25) is 0 Å². The summed E-state index contributed by atoms with van der Waals surface area (Å²) in [6, 6.07) is 21.1. The second-order valence-electron chi connectivity index (χ2n) is 10.7. The second kappa shape index (κ2) is 13.7. The number of benzene rings is 4. The number of halogens is 2. The van der Waals surface area contributed by atoms with Crippen molar-refractivity contribution in [1.29, 1.82) is 0 Å². The zero-order chi connectivity index (χ0) is 32.2. The Hall–Kier alpha value is -4.47. The number of para-hydroxylation sites is 1. The first-order valence-electron chi connectivity index (χ1n) is 14.3. The van der Waals surface area contributed by atoms with Gasteiger partial charge in [0, 0.05) is 5.56 Å². The van der Waals surface area contributed by atoms with Gasteiger partial charge in [-0.15, -0.1) is 0 Å². The van der Waals surface area contributed by atoms with Crippen molar-refractivity contribution in [3.05, 3.63) is 120 Å². The molecule has 0 radical (unpaired) electrons. The number of aryl methyl sites for hydroxylation is 1. The lowest BCUT2D eigenvalue weighted by Gasteiger charge is -2.18. The standard InChI is InChI=1S/C35H31BrClN3O5/c1-5-44-31-14-21(4)27(17-26(31)20(2)3)33-39-30-9-7-6-8-25(30)34(41)40(33)38-18-23-15-28(36)32(29(37)16-23)45-19-22-10-12-24(13-11-22)35(42)43/h6-18,20H,5,19H2,1-4H3,(H,42,43). The molecule has 8 nitrogen and oxygen atoms in total. The van der Waals surface area contributed by atoms with Crippen LogP contribution in [0.2, 0.25) is 5.02 Å². The molecule has 1 N–H and O–H groups in total. The summed E-state index contributed by atoms with van der Waals surface area (Å²) in [7, 11) is 0. The zero-order valence-electron chi connectivity index (χ0n) is 25.2. The fourth-order valence-corrected chi connectivity index (χ4v) is 5.88. The molecule has 0 atom stereocenters. The van der Waals surface area contributed by atoms with Crippen molar-refractivity contribution in [1.82, 2.24) is 9.66 Å². The zero-order valence-corrected chi connectivity index (χ0v) is 27.5. The molecule has 0 aliphatic carbocycles. The van der Waals surface area contributed by atoms with Crippen molar-refractivity contribution >= 4 is 50.6 Å². The van der Waals surface area contributed by atoms with E-state index in [1.54, 1.807) is 42.6 Å². The monoisotopic (exact) mass is 687 g/mol. The lowest BCUT2D eigenvalue weighted by atomic mass is 9.96. The molecule has 45 heavy (non-hydrogen) atoms. The Balaban J connectivity index is 1.53. The Morgan fingerprint density at radius 3 is 2.49 bits per heavy atom. The maximum absolute atomic E-state index is 13.8. The molecule has 0 amide bonds. The molecule has 0 saturated heterocycles. The van der Waals surface area contributed by atoms with E-state index in [1.807, 2.05) is 38.1 Å². The summed E-state index contributed by atoms with van der Waals surface area (Å²) in [5.74, 6) is 0.837. The molecule has 0 saturated carbocycles. The first-order valence-corrected chi connectivity index (χ1v) is 15.5. The number of carboxylic acids is 1. The van der Waals surface area contributed by atoms with Gasteiger partial charge in [0.1, 0.15) is 12.4 Å². The van der Waals surface area contributed by atoms with E-state index in [0.29, 0.717) is 44.1 Å². The molecular weight excluding hydrogens is 658 g/mol. The Morgan fingerprint density at radius 2 is 1.82 bits per heavy atom. The van der Waals surface area contributed by atoms with Gasteiger partial charge < -0.3 is 14.6 Å². The van der Waals surface area contributed by atoms with Gasteiger partial charge in [-0.3, -0.25) is 4.79 Å². The van der Waals surface area contributed by atoms with Crippen LogP contribution in [-0.4, -0.2) is 33.6 Å². The quantitative estimate of drug-likeness (QED) is 0.148. The first-order chi connectivity index (χ1) is 21.6. The van der Waals surface area contributed by atoms with Crippen LogP contribution in [0.1, 0.15) is 59.3 Å². The van der Waals surface area contributed by atoms with Crippen LogP contribution < -0.4 is 15.0 Å².